The highest BCUT2D eigenvalue weighted by molar-refractivity contribution is 7.89. The maximum atomic E-state index is 13.2. The molecule has 10 heteroatoms. The number of thiophene rings is 2. The van der Waals surface area contributed by atoms with Crippen LogP contribution in [0.1, 0.15) is 5.82 Å². The van der Waals surface area contributed by atoms with Crippen LogP contribution in [0.15, 0.2) is 75.0 Å². The Morgan fingerprint density at radius 2 is 1.74 bits per heavy atom. The Bertz CT molecular complexity index is 1680. The van der Waals surface area contributed by atoms with Crippen molar-refractivity contribution in [2.24, 2.45) is 0 Å². The summed E-state index contributed by atoms with van der Waals surface area (Å²) < 4.78 is 28.0. The van der Waals surface area contributed by atoms with Gasteiger partial charge in [-0.15, -0.1) is 22.7 Å². The molecule has 0 spiro atoms. The van der Waals surface area contributed by atoms with E-state index in [0.717, 1.165) is 26.0 Å². The molecule has 1 aliphatic rings. The number of hydrogen-bond acceptors (Lipinski definition) is 7. The van der Waals surface area contributed by atoms with Crippen molar-refractivity contribution in [3.05, 3.63) is 81.5 Å². The maximum absolute atomic E-state index is 13.2. The predicted molar refractivity (Wildman–Crippen MR) is 142 cm³/mol. The largest absolute Gasteiger partial charge is 0.309 e. The summed E-state index contributed by atoms with van der Waals surface area (Å²) in [4.78, 5) is 24.7. The minimum absolute atomic E-state index is 0.132. The average Bonchev–Trinajstić information content (AvgIpc) is 3.54. The van der Waals surface area contributed by atoms with Crippen LogP contribution in [0.25, 0.3) is 31.4 Å². The smallest absolute Gasteiger partial charge is 0.260 e. The van der Waals surface area contributed by atoms with E-state index >= 15 is 0 Å². The van der Waals surface area contributed by atoms with Crippen molar-refractivity contribution in [3.63, 3.8) is 0 Å². The lowest BCUT2D eigenvalue weighted by Gasteiger charge is -2.33. The molecule has 4 heterocycles. The molecule has 0 atom stereocenters. The predicted octanol–water partition coefficient (Wildman–Crippen LogP) is 4.37. The number of rotatable bonds is 5. The quantitative estimate of drug-likeness (QED) is 0.370. The third-order valence-corrected chi connectivity index (χ3v) is 10.0. The van der Waals surface area contributed by atoms with E-state index in [0.29, 0.717) is 48.8 Å². The Labute approximate surface area is 210 Å². The van der Waals surface area contributed by atoms with Crippen LogP contribution in [-0.4, -0.2) is 53.8 Å². The zero-order valence-corrected chi connectivity index (χ0v) is 21.1. The number of H-pyrrole nitrogens is 1. The highest BCUT2D eigenvalue weighted by atomic mass is 32.2. The Hall–Kier alpha value is -2.89. The van der Waals surface area contributed by atoms with E-state index in [1.165, 1.54) is 11.3 Å². The number of hydrogen-bond donors (Lipinski definition) is 1. The molecule has 6 rings (SSSR count). The molecule has 7 nitrogen and oxygen atoms in total. The minimum atomic E-state index is -3.57. The van der Waals surface area contributed by atoms with Crippen LogP contribution in [-0.2, 0) is 16.6 Å². The Kier molecular flexibility index (Phi) is 5.78. The van der Waals surface area contributed by atoms with Crippen molar-refractivity contribution in [2.75, 3.05) is 26.2 Å². The van der Waals surface area contributed by atoms with Crippen molar-refractivity contribution < 1.29 is 8.42 Å². The first-order chi connectivity index (χ1) is 17.0. The van der Waals surface area contributed by atoms with Crippen molar-refractivity contribution in [3.8, 4) is 10.4 Å². The number of aromatic nitrogens is 2. The van der Waals surface area contributed by atoms with Crippen molar-refractivity contribution in [2.45, 2.75) is 11.4 Å². The van der Waals surface area contributed by atoms with Gasteiger partial charge in [0.25, 0.3) is 5.56 Å². The fourth-order valence-electron chi connectivity index (χ4n) is 4.50. The van der Waals surface area contributed by atoms with Gasteiger partial charge >= 0.3 is 0 Å². The lowest BCUT2D eigenvalue weighted by molar-refractivity contribution is 0.178. The Morgan fingerprint density at radius 1 is 0.943 bits per heavy atom. The molecule has 0 saturated carbocycles. The molecule has 35 heavy (non-hydrogen) atoms. The molecule has 1 N–H and O–H groups in total. The Balaban J connectivity index is 1.17. The third kappa shape index (κ3) is 4.21. The van der Waals surface area contributed by atoms with E-state index in [1.54, 1.807) is 27.8 Å². The number of nitrogens with zero attached hydrogens (tertiary/aromatic N) is 3. The lowest BCUT2D eigenvalue weighted by Crippen LogP contribution is -2.48. The molecule has 0 aliphatic carbocycles. The van der Waals surface area contributed by atoms with E-state index < -0.39 is 10.0 Å². The monoisotopic (exact) mass is 522 g/mol. The van der Waals surface area contributed by atoms with Crippen molar-refractivity contribution in [1.29, 1.82) is 0 Å². The summed E-state index contributed by atoms with van der Waals surface area (Å²) in [6.07, 6.45) is 0. The van der Waals surface area contributed by atoms with E-state index in [-0.39, 0.29) is 5.56 Å². The lowest BCUT2D eigenvalue weighted by atomic mass is 10.1. The van der Waals surface area contributed by atoms with Gasteiger partial charge in [0, 0.05) is 42.0 Å². The molecule has 1 aliphatic heterocycles. The normalized spacial score (nSPS) is 15.8. The van der Waals surface area contributed by atoms with Crippen LogP contribution >= 0.6 is 22.7 Å². The number of sulfonamides is 1. The van der Waals surface area contributed by atoms with Gasteiger partial charge in [0.15, 0.2) is 0 Å². The highest BCUT2D eigenvalue weighted by Gasteiger charge is 2.29. The zero-order chi connectivity index (χ0) is 24.0. The van der Waals surface area contributed by atoms with E-state index in [1.807, 2.05) is 53.2 Å². The van der Waals surface area contributed by atoms with Gasteiger partial charge in [0.05, 0.1) is 16.8 Å². The van der Waals surface area contributed by atoms with Crippen LogP contribution in [0.2, 0.25) is 0 Å². The van der Waals surface area contributed by atoms with Gasteiger partial charge in [-0.2, -0.15) is 4.31 Å². The van der Waals surface area contributed by atoms with Crippen LogP contribution in [0.4, 0.5) is 0 Å². The number of aromatic amines is 1. The first-order valence-corrected chi connectivity index (χ1v) is 14.4. The molecule has 0 amide bonds. The third-order valence-electron chi connectivity index (χ3n) is 6.34. The molecule has 178 valence electrons. The molecule has 3 aromatic heterocycles. The van der Waals surface area contributed by atoms with E-state index in [4.69, 9.17) is 4.98 Å². The summed E-state index contributed by atoms with van der Waals surface area (Å²) in [5.41, 5.74) is 0.792. The molecule has 0 radical (unpaired) electrons. The van der Waals surface area contributed by atoms with Gasteiger partial charge < -0.3 is 4.98 Å². The summed E-state index contributed by atoms with van der Waals surface area (Å²) in [7, 11) is -3.57. The molecule has 0 bridgehead atoms. The molecule has 1 fully saturated rings. The van der Waals surface area contributed by atoms with E-state index in [9.17, 15) is 13.2 Å². The summed E-state index contributed by atoms with van der Waals surface area (Å²) >= 11 is 3.08. The standard InChI is InChI=1S/C25H22N4O3S3/c30-24-23-20(21-6-3-13-33-21)16-34-25(23)27-22(26-24)15-28-9-11-29(12-10-28)35(31,32)19-8-7-17-4-1-2-5-18(17)14-19/h1-8,13-14,16H,9-12,15H2,(H,26,27,30). The van der Waals surface area contributed by atoms with E-state index in [2.05, 4.69) is 9.88 Å². The van der Waals surface area contributed by atoms with Gasteiger partial charge in [-0.1, -0.05) is 36.4 Å². The second-order valence-electron chi connectivity index (χ2n) is 8.51. The SMILES string of the molecule is O=c1[nH]c(CN2CCN(S(=O)(=O)c3ccc4ccccc4c3)CC2)nc2scc(-c3cccs3)c12. The molecule has 2 aromatic carbocycles. The zero-order valence-electron chi connectivity index (χ0n) is 18.7. The first kappa shape index (κ1) is 22.6. The van der Waals surface area contributed by atoms with Gasteiger partial charge in [0.1, 0.15) is 10.7 Å². The van der Waals surface area contributed by atoms with Crippen LogP contribution in [0.5, 0.6) is 0 Å². The first-order valence-electron chi connectivity index (χ1n) is 11.2. The molecule has 0 unspecified atom stereocenters. The minimum Gasteiger partial charge on any atom is -0.309 e. The summed E-state index contributed by atoms with van der Waals surface area (Å²) in [6.45, 7) is 2.40. The number of benzene rings is 2. The number of nitrogens with one attached hydrogen (secondary N) is 1. The van der Waals surface area contributed by atoms with Crippen LogP contribution in [0.3, 0.4) is 0 Å². The second kappa shape index (κ2) is 8.96. The van der Waals surface area contributed by atoms with Crippen LogP contribution < -0.4 is 5.56 Å². The summed E-state index contributed by atoms with van der Waals surface area (Å²) in [6, 6.07) is 17.0. The summed E-state index contributed by atoms with van der Waals surface area (Å²) in [5.74, 6) is 0.605. The molecule has 5 aromatic rings. The fraction of sp³-hybridized carbons (Fsp3) is 0.200. The number of piperazine rings is 1. The Morgan fingerprint density at radius 3 is 2.51 bits per heavy atom. The highest BCUT2D eigenvalue weighted by Crippen LogP contribution is 2.33. The number of fused-ring (bicyclic) bond motifs is 2. The van der Waals surface area contributed by atoms with Crippen molar-refractivity contribution >= 4 is 53.7 Å². The fourth-order valence-corrected chi connectivity index (χ4v) is 7.74. The molecular formula is C25H22N4O3S3. The van der Waals surface area contributed by atoms with Gasteiger partial charge in [-0.25, -0.2) is 13.4 Å². The van der Waals surface area contributed by atoms with Crippen LogP contribution in [0, 0.1) is 0 Å². The van der Waals surface area contributed by atoms with Gasteiger partial charge in [-0.05, 0) is 34.4 Å². The van der Waals surface area contributed by atoms with Crippen molar-refractivity contribution in [1.82, 2.24) is 19.2 Å². The average molecular weight is 523 g/mol. The topological polar surface area (TPSA) is 86.4 Å². The molecule has 1 saturated heterocycles. The second-order valence-corrected chi connectivity index (χ2v) is 12.3. The summed E-state index contributed by atoms with van der Waals surface area (Å²) in [5, 5.41) is 6.54. The van der Waals surface area contributed by atoms with Gasteiger partial charge in [-0.3, -0.25) is 9.69 Å². The maximum Gasteiger partial charge on any atom is 0.260 e. The molecular weight excluding hydrogens is 501 g/mol. The van der Waals surface area contributed by atoms with Gasteiger partial charge in [0.2, 0.25) is 10.0 Å².